The minimum atomic E-state index is -0.940. The molecular formula is C8H10BrNO2S2. The first-order valence-electron chi connectivity index (χ1n) is 3.88. The number of carboxylic acid groups (broad SMARTS) is 1. The van der Waals surface area contributed by atoms with Gasteiger partial charge in [0.05, 0.1) is 0 Å². The Morgan fingerprint density at radius 1 is 1.79 bits per heavy atom. The molecule has 1 aromatic rings. The SMILES string of the molecule is N[C@H](CSCc1cc(Br)cs1)C(=O)O. The number of thiophene rings is 1. The van der Waals surface area contributed by atoms with Crippen LogP contribution in [-0.2, 0) is 10.5 Å². The fraction of sp³-hybridized carbons (Fsp3) is 0.375. The van der Waals surface area contributed by atoms with Gasteiger partial charge in [-0.15, -0.1) is 11.3 Å². The van der Waals surface area contributed by atoms with Crippen LogP contribution in [0.25, 0.3) is 0 Å². The monoisotopic (exact) mass is 295 g/mol. The summed E-state index contributed by atoms with van der Waals surface area (Å²) in [5.41, 5.74) is 5.36. The summed E-state index contributed by atoms with van der Waals surface area (Å²) >= 11 is 6.55. The fourth-order valence-corrected chi connectivity index (χ4v) is 3.34. The van der Waals surface area contributed by atoms with Gasteiger partial charge in [-0.25, -0.2) is 0 Å². The van der Waals surface area contributed by atoms with E-state index in [1.165, 1.54) is 16.6 Å². The molecule has 1 rings (SSSR count). The van der Waals surface area contributed by atoms with Crippen molar-refractivity contribution in [3.8, 4) is 0 Å². The number of carbonyl (C=O) groups is 1. The lowest BCUT2D eigenvalue weighted by atomic mass is 10.4. The van der Waals surface area contributed by atoms with Gasteiger partial charge in [0.15, 0.2) is 0 Å². The second kappa shape index (κ2) is 5.75. The van der Waals surface area contributed by atoms with E-state index in [1.807, 2.05) is 11.4 Å². The number of halogens is 1. The zero-order valence-electron chi connectivity index (χ0n) is 7.27. The lowest BCUT2D eigenvalue weighted by molar-refractivity contribution is -0.137. The lowest BCUT2D eigenvalue weighted by Gasteiger charge is -2.04. The summed E-state index contributed by atoms with van der Waals surface area (Å²) in [5, 5.41) is 10.5. The van der Waals surface area contributed by atoms with Crippen LogP contribution in [0.2, 0.25) is 0 Å². The zero-order chi connectivity index (χ0) is 10.6. The second-order valence-corrected chi connectivity index (χ2v) is 5.63. The molecule has 1 aromatic heterocycles. The molecule has 0 amide bonds. The highest BCUT2D eigenvalue weighted by Crippen LogP contribution is 2.23. The number of rotatable bonds is 5. The van der Waals surface area contributed by atoms with Crippen LogP contribution >= 0.6 is 39.0 Å². The third-order valence-electron chi connectivity index (χ3n) is 1.48. The van der Waals surface area contributed by atoms with Gasteiger partial charge < -0.3 is 10.8 Å². The van der Waals surface area contributed by atoms with Crippen molar-refractivity contribution in [3.05, 3.63) is 20.8 Å². The van der Waals surface area contributed by atoms with Crippen LogP contribution in [0.5, 0.6) is 0 Å². The molecule has 0 unspecified atom stereocenters. The van der Waals surface area contributed by atoms with E-state index in [1.54, 1.807) is 11.3 Å². The van der Waals surface area contributed by atoms with Crippen molar-refractivity contribution in [1.82, 2.24) is 0 Å². The molecule has 0 saturated heterocycles. The van der Waals surface area contributed by atoms with E-state index in [-0.39, 0.29) is 0 Å². The third kappa shape index (κ3) is 4.00. The molecule has 0 aliphatic heterocycles. The third-order valence-corrected chi connectivity index (χ3v) is 4.47. The summed E-state index contributed by atoms with van der Waals surface area (Å²) in [6.45, 7) is 0. The summed E-state index contributed by atoms with van der Waals surface area (Å²) in [5.74, 6) is 0.326. The van der Waals surface area contributed by atoms with Crippen molar-refractivity contribution >= 4 is 45.0 Å². The van der Waals surface area contributed by atoms with E-state index >= 15 is 0 Å². The maximum Gasteiger partial charge on any atom is 0.321 e. The van der Waals surface area contributed by atoms with Gasteiger partial charge in [-0.2, -0.15) is 11.8 Å². The number of thioether (sulfide) groups is 1. The van der Waals surface area contributed by atoms with Crippen molar-refractivity contribution < 1.29 is 9.90 Å². The highest BCUT2D eigenvalue weighted by molar-refractivity contribution is 9.10. The van der Waals surface area contributed by atoms with E-state index in [9.17, 15) is 4.79 Å². The van der Waals surface area contributed by atoms with Crippen LogP contribution in [0, 0.1) is 0 Å². The summed E-state index contributed by atoms with van der Waals surface area (Å²) in [6, 6.07) is 1.27. The predicted molar refractivity (Wildman–Crippen MR) is 63.8 cm³/mol. The summed E-state index contributed by atoms with van der Waals surface area (Å²) in [4.78, 5) is 11.6. The van der Waals surface area contributed by atoms with E-state index in [2.05, 4.69) is 15.9 Å². The van der Waals surface area contributed by atoms with E-state index in [0.29, 0.717) is 5.75 Å². The van der Waals surface area contributed by atoms with Crippen LogP contribution in [0.4, 0.5) is 0 Å². The van der Waals surface area contributed by atoms with Gasteiger partial charge in [0, 0.05) is 26.2 Å². The maximum atomic E-state index is 10.4. The Balaban J connectivity index is 2.25. The molecule has 0 bridgehead atoms. The number of hydrogen-bond acceptors (Lipinski definition) is 4. The normalized spacial score (nSPS) is 12.7. The quantitative estimate of drug-likeness (QED) is 0.874. The van der Waals surface area contributed by atoms with Crippen LogP contribution in [-0.4, -0.2) is 22.9 Å². The highest BCUT2D eigenvalue weighted by Gasteiger charge is 2.10. The fourth-order valence-electron chi connectivity index (χ4n) is 0.787. The average Bonchev–Trinajstić information content (AvgIpc) is 2.51. The summed E-state index contributed by atoms with van der Waals surface area (Å²) < 4.78 is 1.07. The Bertz CT molecular complexity index is 316. The first kappa shape index (κ1) is 12.0. The Labute approximate surface area is 98.8 Å². The average molecular weight is 296 g/mol. The van der Waals surface area contributed by atoms with Crippen LogP contribution in [0.15, 0.2) is 15.9 Å². The highest BCUT2D eigenvalue weighted by atomic mass is 79.9. The molecule has 78 valence electrons. The van der Waals surface area contributed by atoms with Gasteiger partial charge >= 0.3 is 5.97 Å². The van der Waals surface area contributed by atoms with Crippen molar-refractivity contribution in [2.45, 2.75) is 11.8 Å². The van der Waals surface area contributed by atoms with E-state index < -0.39 is 12.0 Å². The molecule has 0 aromatic carbocycles. The van der Waals surface area contributed by atoms with Crippen molar-refractivity contribution in [3.63, 3.8) is 0 Å². The second-order valence-electron chi connectivity index (χ2n) is 2.69. The molecule has 0 radical (unpaired) electrons. The molecule has 0 aliphatic rings. The van der Waals surface area contributed by atoms with Crippen molar-refractivity contribution in [1.29, 1.82) is 0 Å². The van der Waals surface area contributed by atoms with Crippen LogP contribution in [0.3, 0.4) is 0 Å². The van der Waals surface area contributed by atoms with Gasteiger partial charge in [-0.3, -0.25) is 4.79 Å². The Hall–Kier alpha value is -0.0400. The largest absolute Gasteiger partial charge is 0.480 e. The van der Waals surface area contributed by atoms with Gasteiger partial charge in [-0.1, -0.05) is 0 Å². The summed E-state index contributed by atoms with van der Waals surface area (Å²) in [6.07, 6.45) is 0. The number of aliphatic carboxylic acids is 1. The maximum absolute atomic E-state index is 10.4. The first-order chi connectivity index (χ1) is 6.59. The van der Waals surface area contributed by atoms with Gasteiger partial charge in [0.25, 0.3) is 0 Å². The van der Waals surface area contributed by atoms with E-state index in [0.717, 1.165) is 10.2 Å². The van der Waals surface area contributed by atoms with Gasteiger partial charge in [0.2, 0.25) is 0 Å². The van der Waals surface area contributed by atoms with Crippen molar-refractivity contribution in [2.24, 2.45) is 5.73 Å². The molecule has 0 spiro atoms. The molecule has 0 aliphatic carbocycles. The molecule has 1 atom stereocenters. The molecule has 6 heteroatoms. The van der Waals surface area contributed by atoms with E-state index in [4.69, 9.17) is 10.8 Å². The van der Waals surface area contributed by atoms with Crippen LogP contribution < -0.4 is 5.73 Å². The number of nitrogens with two attached hydrogens (primary N) is 1. The zero-order valence-corrected chi connectivity index (χ0v) is 10.5. The van der Waals surface area contributed by atoms with Crippen molar-refractivity contribution in [2.75, 3.05) is 5.75 Å². The minimum Gasteiger partial charge on any atom is -0.480 e. The van der Waals surface area contributed by atoms with Gasteiger partial charge in [0.1, 0.15) is 6.04 Å². The molecule has 0 fully saturated rings. The first-order valence-corrected chi connectivity index (χ1v) is 6.71. The standard InChI is InChI=1S/C8H10BrNO2S2/c9-5-1-6(14-2-5)3-13-4-7(10)8(11)12/h1-2,7H,3-4,10H2,(H,11,12)/t7-/m1/s1. The summed E-state index contributed by atoms with van der Waals surface area (Å²) in [7, 11) is 0. The molecule has 1 heterocycles. The minimum absolute atomic E-state index is 0.449. The molecule has 0 saturated carbocycles. The smallest absolute Gasteiger partial charge is 0.321 e. The Kier molecular flexibility index (Phi) is 4.94. The lowest BCUT2D eigenvalue weighted by Crippen LogP contribution is -2.32. The molecule has 14 heavy (non-hydrogen) atoms. The molecule has 3 nitrogen and oxygen atoms in total. The van der Waals surface area contributed by atoms with Crippen LogP contribution in [0.1, 0.15) is 4.88 Å². The molecular weight excluding hydrogens is 286 g/mol. The molecule has 3 N–H and O–H groups in total. The topological polar surface area (TPSA) is 63.3 Å². The van der Waals surface area contributed by atoms with Gasteiger partial charge in [-0.05, 0) is 22.0 Å². The Morgan fingerprint density at radius 2 is 2.50 bits per heavy atom. The predicted octanol–water partition coefficient (Wildman–Crippen LogP) is 2.16. The number of hydrogen-bond donors (Lipinski definition) is 2. The number of carboxylic acids is 1. The Morgan fingerprint density at radius 3 is 3.00 bits per heavy atom.